The maximum atomic E-state index is 9.63. The van der Waals surface area contributed by atoms with E-state index in [4.69, 9.17) is 0 Å². The van der Waals surface area contributed by atoms with Crippen molar-refractivity contribution in [1.82, 2.24) is 4.98 Å². The van der Waals surface area contributed by atoms with Crippen LogP contribution in [0.1, 0.15) is 5.69 Å². The summed E-state index contributed by atoms with van der Waals surface area (Å²) in [5, 5.41) is 13.2. The normalized spacial score (nSPS) is 10.9. The van der Waals surface area contributed by atoms with Crippen LogP contribution in [0.3, 0.4) is 0 Å². The average Bonchev–Trinajstić information content (AvgIpc) is 2.69. The minimum Gasteiger partial charge on any atom is -0.498 e. The van der Waals surface area contributed by atoms with Gasteiger partial charge in [0.15, 0.2) is 5.06 Å². The molecule has 0 atom stereocenters. The lowest BCUT2D eigenvalue weighted by Crippen LogP contribution is -1.80. The van der Waals surface area contributed by atoms with E-state index in [1.54, 1.807) is 0 Å². The van der Waals surface area contributed by atoms with Crippen molar-refractivity contribution in [3.05, 3.63) is 48.2 Å². The molecule has 0 aliphatic rings. The third kappa shape index (κ3) is 1.68. The number of aromatic nitrogens is 1. The molecule has 0 fully saturated rings. The van der Waals surface area contributed by atoms with Gasteiger partial charge in [-0.2, -0.15) is 0 Å². The van der Waals surface area contributed by atoms with Crippen molar-refractivity contribution in [2.24, 2.45) is 0 Å². The summed E-state index contributed by atoms with van der Waals surface area (Å²) in [5.41, 5.74) is 1.77. The lowest BCUT2D eigenvalue weighted by Gasteiger charge is -2.02. The number of benzene rings is 2. The summed E-state index contributed by atoms with van der Waals surface area (Å²) >= 11 is 1.33. The summed E-state index contributed by atoms with van der Waals surface area (Å²) in [6, 6.07) is 14.4. The van der Waals surface area contributed by atoms with E-state index in [-0.39, 0.29) is 0 Å². The van der Waals surface area contributed by atoms with Crippen molar-refractivity contribution < 1.29 is 5.11 Å². The fourth-order valence-electron chi connectivity index (χ4n) is 1.92. The lowest BCUT2D eigenvalue weighted by molar-refractivity contribution is 0.485. The Morgan fingerprint density at radius 1 is 1.06 bits per heavy atom. The molecule has 0 unspecified atom stereocenters. The summed E-state index contributed by atoms with van der Waals surface area (Å²) in [7, 11) is 0. The van der Waals surface area contributed by atoms with Gasteiger partial charge in [0, 0.05) is 5.56 Å². The fourth-order valence-corrected chi connectivity index (χ4v) is 2.76. The molecule has 1 aromatic heterocycles. The van der Waals surface area contributed by atoms with Crippen LogP contribution in [0.2, 0.25) is 0 Å². The van der Waals surface area contributed by atoms with E-state index in [9.17, 15) is 5.11 Å². The van der Waals surface area contributed by atoms with Gasteiger partial charge in [-0.05, 0) is 17.7 Å². The molecule has 0 spiro atoms. The van der Waals surface area contributed by atoms with Gasteiger partial charge in [-0.25, -0.2) is 4.98 Å². The zero-order valence-corrected chi connectivity index (χ0v) is 10.2. The first-order valence-corrected chi connectivity index (χ1v) is 6.22. The quantitative estimate of drug-likeness (QED) is 0.699. The van der Waals surface area contributed by atoms with Crippen molar-refractivity contribution in [2.45, 2.75) is 6.92 Å². The molecule has 1 N–H and O–H groups in total. The van der Waals surface area contributed by atoms with Gasteiger partial charge in [-0.15, -0.1) is 0 Å². The highest BCUT2D eigenvalue weighted by Gasteiger charge is 2.10. The van der Waals surface area contributed by atoms with Crippen LogP contribution in [0.15, 0.2) is 42.5 Å². The Kier molecular flexibility index (Phi) is 2.34. The number of hydrogen-bond donors (Lipinski definition) is 1. The van der Waals surface area contributed by atoms with Crippen molar-refractivity contribution in [1.29, 1.82) is 0 Å². The topological polar surface area (TPSA) is 33.1 Å². The van der Waals surface area contributed by atoms with Crippen LogP contribution in [-0.4, -0.2) is 10.1 Å². The second kappa shape index (κ2) is 3.86. The van der Waals surface area contributed by atoms with Gasteiger partial charge >= 0.3 is 0 Å². The molecule has 3 rings (SSSR count). The zero-order chi connectivity index (χ0) is 11.8. The van der Waals surface area contributed by atoms with Crippen molar-refractivity contribution in [2.75, 3.05) is 0 Å². The number of hydrogen-bond acceptors (Lipinski definition) is 3. The predicted molar refractivity (Wildman–Crippen MR) is 71.5 cm³/mol. The molecule has 0 bridgehead atoms. The molecule has 3 aromatic rings. The van der Waals surface area contributed by atoms with E-state index in [0.717, 1.165) is 10.6 Å². The van der Waals surface area contributed by atoms with Gasteiger partial charge in [-0.1, -0.05) is 53.8 Å². The number of aromatic hydroxyl groups is 1. The molecular weight excluding hydrogens is 230 g/mol. The first kappa shape index (κ1) is 10.3. The number of rotatable bonds is 1. The highest BCUT2D eigenvalue weighted by molar-refractivity contribution is 7.16. The first-order chi connectivity index (χ1) is 8.25. The van der Waals surface area contributed by atoms with Crippen LogP contribution in [0, 0.1) is 6.92 Å². The van der Waals surface area contributed by atoms with Crippen molar-refractivity contribution in [3.63, 3.8) is 0 Å². The summed E-state index contributed by atoms with van der Waals surface area (Å²) < 4.78 is 0. The molecule has 0 aliphatic heterocycles. The maximum Gasteiger partial charge on any atom is 0.195 e. The molecule has 1 heterocycles. The average molecular weight is 241 g/mol. The van der Waals surface area contributed by atoms with Gasteiger partial charge in [0.25, 0.3) is 0 Å². The van der Waals surface area contributed by atoms with Gasteiger partial charge in [0.05, 0.1) is 5.69 Å². The van der Waals surface area contributed by atoms with Crippen LogP contribution in [0.5, 0.6) is 5.06 Å². The standard InChI is InChI=1S/C14H11NOS/c1-9-14(16)17-13(15-9)12-8-4-6-10-5-2-3-7-11(10)12/h2-8,16H,1H3. The molecule has 0 aliphatic carbocycles. The monoisotopic (exact) mass is 241 g/mol. The van der Waals surface area contributed by atoms with Gasteiger partial charge in [0.1, 0.15) is 5.01 Å². The first-order valence-electron chi connectivity index (χ1n) is 5.40. The third-order valence-corrected chi connectivity index (χ3v) is 3.79. The van der Waals surface area contributed by atoms with E-state index in [1.165, 1.54) is 22.1 Å². The molecule has 2 nitrogen and oxygen atoms in total. The molecule has 0 saturated carbocycles. The molecular formula is C14H11NOS. The number of fused-ring (bicyclic) bond motifs is 1. The number of nitrogens with zero attached hydrogens (tertiary/aromatic N) is 1. The molecule has 0 amide bonds. The molecule has 17 heavy (non-hydrogen) atoms. The largest absolute Gasteiger partial charge is 0.498 e. The Morgan fingerprint density at radius 2 is 1.82 bits per heavy atom. The third-order valence-electron chi connectivity index (χ3n) is 2.79. The second-order valence-electron chi connectivity index (χ2n) is 3.94. The maximum absolute atomic E-state index is 9.63. The molecule has 0 radical (unpaired) electrons. The number of thiazole rings is 1. The summed E-state index contributed by atoms with van der Waals surface area (Å²) in [6.07, 6.45) is 0. The van der Waals surface area contributed by atoms with Crippen LogP contribution in [0.25, 0.3) is 21.3 Å². The minimum absolute atomic E-state index is 0.299. The Morgan fingerprint density at radius 3 is 2.59 bits per heavy atom. The molecule has 84 valence electrons. The SMILES string of the molecule is Cc1nc(-c2cccc3ccccc23)sc1O. The zero-order valence-electron chi connectivity index (χ0n) is 9.34. The summed E-state index contributed by atoms with van der Waals surface area (Å²) in [5.74, 6) is 0. The van der Waals surface area contributed by atoms with Crippen LogP contribution in [-0.2, 0) is 0 Å². The van der Waals surface area contributed by atoms with E-state index in [2.05, 4.69) is 23.2 Å². The highest BCUT2D eigenvalue weighted by atomic mass is 32.1. The van der Waals surface area contributed by atoms with Gasteiger partial charge in [0.2, 0.25) is 0 Å². The molecule has 0 saturated heterocycles. The Hall–Kier alpha value is -1.87. The fraction of sp³-hybridized carbons (Fsp3) is 0.0714. The lowest BCUT2D eigenvalue weighted by atomic mass is 10.1. The molecule has 2 aromatic carbocycles. The Labute approximate surface area is 103 Å². The summed E-state index contributed by atoms with van der Waals surface area (Å²) in [4.78, 5) is 4.40. The van der Waals surface area contributed by atoms with Crippen LogP contribution in [0.4, 0.5) is 0 Å². The minimum atomic E-state index is 0.299. The van der Waals surface area contributed by atoms with E-state index < -0.39 is 0 Å². The van der Waals surface area contributed by atoms with E-state index >= 15 is 0 Å². The van der Waals surface area contributed by atoms with Gasteiger partial charge in [-0.3, -0.25) is 0 Å². The molecule has 3 heteroatoms. The predicted octanol–water partition coefficient (Wildman–Crippen LogP) is 3.98. The Balaban J connectivity index is 2.30. The Bertz CT molecular complexity index is 663. The van der Waals surface area contributed by atoms with Gasteiger partial charge < -0.3 is 5.11 Å². The smallest absolute Gasteiger partial charge is 0.195 e. The highest BCUT2D eigenvalue weighted by Crippen LogP contribution is 2.35. The van der Waals surface area contributed by atoms with Crippen molar-refractivity contribution in [3.8, 4) is 15.6 Å². The summed E-state index contributed by atoms with van der Waals surface area (Å²) in [6.45, 7) is 1.82. The number of aryl methyl sites for hydroxylation is 1. The second-order valence-corrected chi connectivity index (χ2v) is 4.91. The van der Waals surface area contributed by atoms with E-state index in [0.29, 0.717) is 10.8 Å². The van der Waals surface area contributed by atoms with E-state index in [1.807, 2.05) is 31.2 Å². The van der Waals surface area contributed by atoms with Crippen LogP contribution >= 0.6 is 11.3 Å². The van der Waals surface area contributed by atoms with Crippen molar-refractivity contribution >= 4 is 22.1 Å². The van der Waals surface area contributed by atoms with Crippen LogP contribution < -0.4 is 0 Å².